The van der Waals surface area contributed by atoms with E-state index >= 15 is 0 Å². The van der Waals surface area contributed by atoms with Crippen molar-refractivity contribution in [3.63, 3.8) is 0 Å². The monoisotopic (exact) mass is 205 g/mol. The third-order valence-electron chi connectivity index (χ3n) is 1.85. The van der Waals surface area contributed by atoms with Gasteiger partial charge in [0.25, 0.3) is 6.43 Å². The number of halogens is 3. The maximum atomic E-state index is 12.2. The number of alkyl halides is 2. The predicted molar refractivity (Wildman–Crippen MR) is 49.1 cm³/mol. The van der Waals surface area contributed by atoms with Crippen molar-refractivity contribution in [1.82, 2.24) is 0 Å². The zero-order chi connectivity index (χ0) is 10.0. The molecular formula is C9H10ClF2N. The molecule has 1 aromatic carbocycles. The summed E-state index contributed by atoms with van der Waals surface area (Å²) in [5.74, 6) is 0. The van der Waals surface area contributed by atoms with Gasteiger partial charge in [0.15, 0.2) is 0 Å². The summed E-state index contributed by atoms with van der Waals surface area (Å²) in [7, 11) is 0. The van der Waals surface area contributed by atoms with E-state index in [1.165, 1.54) is 6.07 Å². The first-order chi connectivity index (χ1) is 6.04. The number of benzene rings is 1. The Balaban J connectivity index is 3.07. The lowest BCUT2D eigenvalue weighted by Gasteiger charge is -2.13. The van der Waals surface area contributed by atoms with Crippen LogP contribution in [0.15, 0.2) is 18.2 Å². The lowest BCUT2D eigenvalue weighted by atomic mass is 10.1. The van der Waals surface area contributed by atoms with Crippen molar-refractivity contribution in [3.8, 4) is 0 Å². The van der Waals surface area contributed by atoms with E-state index in [0.717, 1.165) is 5.56 Å². The molecule has 0 amide bonds. The molecule has 0 bridgehead atoms. The quantitative estimate of drug-likeness (QED) is 0.790. The summed E-state index contributed by atoms with van der Waals surface area (Å²) >= 11 is 5.82. The molecule has 0 saturated heterocycles. The summed E-state index contributed by atoms with van der Waals surface area (Å²) in [4.78, 5) is 0. The molecule has 0 spiro atoms. The molecule has 0 fully saturated rings. The topological polar surface area (TPSA) is 26.0 Å². The van der Waals surface area contributed by atoms with Gasteiger partial charge in [0.2, 0.25) is 0 Å². The molecule has 0 aromatic heterocycles. The highest BCUT2D eigenvalue weighted by Crippen LogP contribution is 2.27. The molecular weight excluding hydrogens is 196 g/mol. The van der Waals surface area contributed by atoms with Crippen LogP contribution in [0, 0.1) is 6.92 Å². The Labute approximate surface area is 80.5 Å². The first kappa shape index (κ1) is 10.4. The van der Waals surface area contributed by atoms with Crippen LogP contribution in [0.4, 0.5) is 8.78 Å². The summed E-state index contributed by atoms with van der Waals surface area (Å²) in [6.07, 6.45) is -2.58. The minimum atomic E-state index is -2.58. The van der Waals surface area contributed by atoms with Crippen LogP contribution in [0.25, 0.3) is 0 Å². The van der Waals surface area contributed by atoms with E-state index in [4.69, 9.17) is 17.3 Å². The summed E-state index contributed by atoms with van der Waals surface area (Å²) in [6, 6.07) is 3.64. The highest BCUT2D eigenvalue weighted by atomic mass is 35.5. The average molecular weight is 206 g/mol. The fraction of sp³-hybridized carbons (Fsp3) is 0.333. The predicted octanol–water partition coefficient (Wildman–Crippen LogP) is 2.91. The Bertz CT molecular complexity index is 302. The average Bonchev–Trinajstić information content (AvgIpc) is 2.08. The smallest absolute Gasteiger partial charge is 0.257 e. The van der Waals surface area contributed by atoms with Crippen LogP contribution in [0.1, 0.15) is 17.2 Å². The van der Waals surface area contributed by atoms with Crippen molar-refractivity contribution in [1.29, 1.82) is 0 Å². The number of nitrogens with two attached hydrogens (primary N) is 1. The van der Waals surface area contributed by atoms with Crippen LogP contribution in [0.2, 0.25) is 5.02 Å². The van der Waals surface area contributed by atoms with Gasteiger partial charge in [-0.25, -0.2) is 8.78 Å². The van der Waals surface area contributed by atoms with Gasteiger partial charge in [-0.1, -0.05) is 29.8 Å². The van der Waals surface area contributed by atoms with Gasteiger partial charge in [0.05, 0.1) is 6.04 Å². The second-order valence-electron chi connectivity index (χ2n) is 2.84. The lowest BCUT2D eigenvalue weighted by Crippen LogP contribution is -2.19. The molecule has 1 aromatic rings. The van der Waals surface area contributed by atoms with Gasteiger partial charge in [-0.05, 0) is 18.1 Å². The molecule has 13 heavy (non-hydrogen) atoms. The first-order valence-corrected chi connectivity index (χ1v) is 4.20. The third-order valence-corrected chi connectivity index (χ3v) is 2.37. The molecule has 0 aliphatic heterocycles. The van der Waals surface area contributed by atoms with E-state index in [9.17, 15) is 8.78 Å². The van der Waals surface area contributed by atoms with Crippen molar-refractivity contribution < 1.29 is 8.78 Å². The van der Waals surface area contributed by atoms with E-state index in [2.05, 4.69) is 0 Å². The van der Waals surface area contributed by atoms with Crippen LogP contribution in [0.5, 0.6) is 0 Å². The van der Waals surface area contributed by atoms with Crippen molar-refractivity contribution in [2.24, 2.45) is 5.73 Å². The van der Waals surface area contributed by atoms with Crippen LogP contribution in [0.3, 0.4) is 0 Å². The second kappa shape index (κ2) is 4.03. The Hall–Kier alpha value is -0.670. The first-order valence-electron chi connectivity index (χ1n) is 3.82. The van der Waals surface area contributed by atoms with E-state index in [1.807, 2.05) is 0 Å². The molecule has 0 radical (unpaired) electrons. The molecule has 0 aliphatic carbocycles. The molecule has 4 heteroatoms. The minimum absolute atomic E-state index is 0.302. The summed E-state index contributed by atoms with van der Waals surface area (Å²) in [5, 5.41) is 0.329. The zero-order valence-electron chi connectivity index (χ0n) is 7.10. The molecule has 1 atom stereocenters. The van der Waals surface area contributed by atoms with Crippen molar-refractivity contribution in [3.05, 3.63) is 34.3 Å². The van der Waals surface area contributed by atoms with Gasteiger partial charge in [-0.3, -0.25) is 0 Å². The Kier molecular flexibility index (Phi) is 3.22. The van der Waals surface area contributed by atoms with Crippen LogP contribution < -0.4 is 5.73 Å². The van der Waals surface area contributed by atoms with Gasteiger partial charge in [0, 0.05) is 5.02 Å². The molecule has 72 valence electrons. The molecule has 1 unspecified atom stereocenters. The second-order valence-corrected chi connectivity index (χ2v) is 3.22. The highest BCUT2D eigenvalue weighted by molar-refractivity contribution is 6.32. The minimum Gasteiger partial charge on any atom is -0.319 e. The standard InChI is InChI=1S/C9H10ClF2N/c1-5-3-2-4-6(7(5)10)8(13)9(11)12/h2-4,8-9H,13H2,1H3. The number of hydrogen-bond acceptors (Lipinski definition) is 1. The van der Waals surface area contributed by atoms with Crippen LogP contribution in [-0.2, 0) is 0 Å². The molecule has 0 aliphatic rings. The molecule has 0 saturated carbocycles. The SMILES string of the molecule is Cc1cccc(C(N)C(F)F)c1Cl. The van der Waals surface area contributed by atoms with Crippen molar-refractivity contribution in [2.75, 3.05) is 0 Å². The lowest BCUT2D eigenvalue weighted by molar-refractivity contribution is 0.116. The fourth-order valence-corrected chi connectivity index (χ4v) is 1.32. The van der Waals surface area contributed by atoms with Gasteiger partial charge in [-0.2, -0.15) is 0 Å². The highest BCUT2D eigenvalue weighted by Gasteiger charge is 2.20. The number of rotatable bonds is 2. The molecule has 1 rings (SSSR count). The van der Waals surface area contributed by atoms with E-state index in [1.54, 1.807) is 19.1 Å². The number of aryl methyl sites for hydroxylation is 1. The van der Waals surface area contributed by atoms with Gasteiger partial charge >= 0.3 is 0 Å². The molecule has 1 nitrogen and oxygen atoms in total. The zero-order valence-corrected chi connectivity index (χ0v) is 7.85. The Morgan fingerprint density at radius 3 is 2.54 bits per heavy atom. The number of hydrogen-bond donors (Lipinski definition) is 1. The summed E-state index contributed by atoms with van der Waals surface area (Å²) in [5.41, 5.74) is 6.34. The van der Waals surface area contributed by atoms with Crippen molar-refractivity contribution >= 4 is 11.6 Å². The van der Waals surface area contributed by atoms with Crippen LogP contribution >= 0.6 is 11.6 Å². The van der Waals surface area contributed by atoms with Gasteiger partial charge in [-0.15, -0.1) is 0 Å². The Morgan fingerprint density at radius 1 is 1.38 bits per heavy atom. The van der Waals surface area contributed by atoms with E-state index in [-0.39, 0.29) is 0 Å². The molecule has 0 heterocycles. The summed E-state index contributed by atoms with van der Waals surface area (Å²) < 4.78 is 24.5. The Morgan fingerprint density at radius 2 is 2.00 bits per heavy atom. The third kappa shape index (κ3) is 2.17. The maximum absolute atomic E-state index is 12.2. The van der Waals surface area contributed by atoms with E-state index < -0.39 is 12.5 Å². The van der Waals surface area contributed by atoms with Crippen molar-refractivity contribution in [2.45, 2.75) is 19.4 Å². The summed E-state index contributed by atoms with van der Waals surface area (Å²) in [6.45, 7) is 1.75. The largest absolute Gasteiger partial charge is 0.319 e. The fourth-order valence-electron chi connectivity index (χ4n) is 1.06. The van der Waals surface area contributed by atoms with Gasteiger partial charge < -0.3 is 5.73 Å². The maximum Gasteiger partial charge on any atom is 0.257 e. The normalized spacial score (nSPS) is 13.4. The van der Waals surface area contributed by atoms with Crippen LogP contribution in [-0.4, -0.2) is 6.43 Å². The van der Waals surface area contributed by atoms with E-state index in [0.29, 0.717) is 10.6 Å². The van der Waals surface area contributed by atoms with Gasteiger partial charge in [0.1, 0.15) is 0 Å². The molecule has 2 N–H and O–H groups in total.